The summed E-state index contributed by atoms with van der Waals surface area (Å²) in [5, 5.41) is 43.5. The molecule has 0 radical (unpaired) electrons. The molecule has 24 heavy (non-hydrogen) atoms. The van der Waals surface area contributed by atoms with Crippen LogP contribution in [0.2, 0.25) is 0 Å². The van der Waals surface area contributed by atoms with Gasteiger partial charge in [0.05, 0.1) is 6.61 Å². The van der Waals surface area contributed by atoms with Crippen LogP contribution in [0.1, 0.15) is 46.0 Å². The summed E-state index contributed by atoms with van der Waals surface area (Å²) in [5.74, 6) is 0. The van der Waals surface area contributed by atoms with Crippen molar-refractivity contribution >= 4 is 11.8 Å². The fraction of sp³-hybridized carbons (Fsp3) is 1.00. The molecule has 7 atom stereocenters. The van der Waals surface area contributed by atoms with E-state index in [1.807, 2.05) is 0 Å². The number of hydrogen-bond donors (Lipinski definition) is 5. The summed E-state index contributed by atoms with van der Waals surface area (Å²) >= 11 is 1.53. The number of aliphatic hydroxyl groups is 4. The van der Waals surface area contributed by atoms with Crippen molar-refractivity contribution in [1.29, 1.82) is 0 Å². The van der Waals surface area contributed by atoms with Crippen molar-refractivity contribution < 1.29 is 25.2 Å². The maximum atomic E-state index is 10.3. The van der Waals surface area contributed by atoms with Crippen LogP contribution in [0.4, 0.5) is 0 Å². The van der Waals surface area contributed by atoms with Crippen molar-refractivity contribution in [2.24, 2.45) is 5.41 Å². The molecule has 0 aromatic rings. The Balaban J connectivity index is 1.61. The topological polar surface area (TPSA) is 102 Å². The molecule has 3 aliphatic rings. The molecule has 3 rings (SSSR count). The highest BCUT2D eigenvalue weighted by molar-refractivity contribution is 8.00. The highest BCUT2D eigenvalue weighted by atomic mass is 32.2. The number of thioether (sulfide) groups is 1. The molecule has 0 unspecified atom stereocenters. The Bertz CT molecular complexity index is 431. The molecule has 140 valence electrons. The van der Waals surface area contributed by atoms with Crippen molar-refractivity contribution in [2.45, 2.75) is 93.1 Å². The Hall–Kier alpha value is 0.110. The molecule has 1 heterocycles. The van der Waals surface area contributed by atoms with Gasteiger partial charge in [0, 0.05) is 17.3 Å². The van der Waals surface area contributed by atoms with Crippen LogP contribution in [0.3, 0.4) is 0 Å². The van der Waals surface area contributed by atoms with Gasteiger partial charge in [0.25, 0.3) is 0 Å². The zero-order valence-corrected chi connectivity index (χ0v) is 15.3. The maximum Gasteiger partial charge on any atom is 0.132 e. The molecular formula is C17H31NO5S. The first-order valence-electron chi connectivity index (χ1n) is 9.04. The van der Waals surface area contributed by atoms with E-state index in [0.717, 1.165) is 12.8 Å². The Kier molecular flexibility index (Phi) is 5.81. The molecule has 1 saturated heterocycles. The van der Waals surface area contributed by atoms with Crippen LogP contribution in [0, 0.1) is 5.41 Å². The van der Waals surface area contributed by atoms with Crippen molar-refractivity contribution in [3.05, 3.63) is 0 Å². The summed E-state index contributed by atoms with van der Waals surface area (Å²) in [6.45, 7) is 4.09. The third-order valence-electron chi connectivity index (χ3n) is 5.87. The van der Waals surface area contributed by atoms with E-state index < -0.39 is 29.9 Å². The zero-order valence-electron chi connectivity index (χ0n) is 14.5. The molecule has 2 saturated carbocycles. The minimum atomic E-state index is -1.29. The molecule has 0 amide bonds. The lowest BCUT2D eigenvalue weighted by atomic mass is 9.90. The van der Waals surface area contributed by atoms with Gasteiger partial charge in [-0.2, -0.15) is 0 Å². The fourth-order valence-corrected chi connectivity index (χ4v) is 5.70. The summed E-state index contributed by atoms with van der Waals surface area (Å²) in [4.78, 5) is 0. The number of ether oxygens (including phenoxy) is 1. The zero-order chi connectivity index (χ0) is 17.5. The highest BCUT2D eigenvalue weighted by Crippen LogP contribution is 2.48. The van der Waals surface area contributed by atoms with Crippen LogP contribution in [-0.2, 0) is 4.74 Å². The Morgan fingerprint density at radius 1 is 1.08 bits per heavy atom. The van der Waals surface area contributed by atoms with Crippen LogP contribution in [0.5, 0.6) is 0 Å². The predicted octanol–water partition coefficient (Wildman–Crippen LogP) is 0.219. The van der Waals surface area contributed by atoms with E-state index in [2.05, 4.69) is 19.2 Å². The van der Waals surface area contributed by atoms with E-state index in [0.29, 0.717) is 12.1 Å². The van der Waals surface area contributed by atoms with Gasteiger partial charge < -0.3 is 30.5 Å². The van der Waals surface area contributed by atoms with Gasteiger partial charge >= 0.3 is 0 Å². The smallest absolute Gasteiger partial charge is 0.132 e. The molecular weight excluding hydrogens is 330 g/mol. The second-order valence-electron chi connectivity index (χ2n) is 8.24. The van der Waals surface area contributed by atoms with Gasteiger partial charge in [-0.1, -0.05) is 20.3 Å². The van der Waals surface area contributed by atoms with Crippen molar-refractivity contribution in [3.63, 3.8) is 0 Å². The standard InChI is InChI=1S/C17H31NO5S/c1-17(2)7-10(18-9-4-3-5-9)6-12(17)24-16-15(22)14(21)13(20)11(8-19)23-16/h9-16,18-22H,3-8H2,1-2H3/t10-,11-,12+,13+,14+,15-,16+/m1/s1. The monoisotopic (exact) mass is 361 g/mol. The molecule has 3 fully saturated rings. The van der Waals surface area contributed by atoms with Gasteiger partial charge in [0.15, 0.2) is 0 Å². The number of hydrogen-bond acceptors (Lipinski definition) is 7. The third-order valence-corrected chi connectivity index (χ3v) is 7.68. The quantitative estimate of drug-likeness (QED) is 0.477. The molecule has 0 aromatic carbocycles. The average molecular weight is 362 g/mol. The number of nitrogens with one attached hydrogen (secondary N) is 1. The van der Waals surface area contributed by atoms with E-state index in [9.17, 15) is 20.4 Å². The van der Waals surface area contributed by atoms with E-state index in [-0.39, 0.29) is 17.3 Å². The number of aliphatic hydroxyl groups excluding tert-OH is 4. The van der Waals surface area contributed by atoms with E-state index >= 15 is 0 Å². The summed E-state index contributed by atoms with van der Waals surface area (Å²) in [7, 11) is 0. The minimum Gasteiger partial charge on any atom is -0.394 e. The van der Waals surface area contributed by atoms with Gasteiger partial charge in [-0.3, -0.25) is 0 Å². The molecule has 1 aliphatic heterocycles. The molecule has 5 N–H and O–H groups in total. The van der Waals surface area contributed by atoms with Crippen molar-refractivity contribution in [1.82, 2.24) is 5.32 Å². The number of rotatable bonds is 5. The van der Waals surface area contributed by atoms with Crippen molar-refractivity contribution in [2.75, 3.05) is 6.61 Å². The first-order valence-corrected chi connectivity index (χ1v) is 9.98. The van der Waals surface area contributed by atoms with Gasteiger partial charge in [-0.15, -0.1) is 11.8 Å². The largest absolute Gasteiger partial charge is 0.394 e. The molecule has 2 aliphatic carbocycles. The summed E-state index contributed by atoms with van der Waals surface area (Å²) in [5.41, 5.74) is -0.530. The average Bonchev–Trinajstić information content (AvgIpc) is 2.77. The first-order chi connectivity index (χ1) is 11.3. The van der Waals surface area contributed by atoms with E-state index in [4.69, 9.17) is 4.74 Å². The van der Waals surface area contributed by atoms with Crippen LogP contribution in [0.15, 0.2) is 0 Å². The van der Waals surface area contributed by atoms with Gasteiger partial charge in [0.2, 0.25) is 0 Å². The molecule has 0 spiro atoms. The SMILES string of the molecule is CC1(C)C[C@H](NC2CCC2)C[C@@H]1S[C@@H]1O[C@H](CO)[C@H](O)[C@H](O)[C@H]1O. The third kappa shape index (κ3) is 3.77. The molecule has 0 aromatic heterocycles. The maximum absolute atomic E-state index is 10.3. The first kappa shape index (κ1) is 18.9. The lowest BCUT2D eigenvalue weighted by Crippen LogP contribution is -2.58. The lowest BCUT2D eigenvalue weighted by molar-refractivity contribution is -0.205. The molecule has 0 bridgehead atoms. The van der Waals surface area contributed by atoms with Crippen LogP contribution >= 0.6 is 11.8 Å². The Labute approximate surface area is 148 Å². The second kappa shape index (κ2) is 7.39. The van der Waals surface area contributed by atoms with E-state index in [1.165, 1.54) is 31.0 Å². The van der Waals surface area contributed by atoms with Crippen LogP contribution in [0.25, 0.3) is 0 Å². The highest BCUT2D eigenvalue weighted by Gasteiger charge is 2.48. The second-order valence-corrected chi connectivity index (χ2v) is 9.55. The fourth-order valence-electron chi connectivity index (χ4n) is 4.04. The van der Waals surface area contributed by atoms with Crippen LogP contribution in [-0.4, -0.2) is 74.2 Å². The van der Waals surface area contributed by atoms with Gasteiger partial charge in [0.1, 0.15) is 29.9 Å². The minimum absolute atomic E-state index is 0.102. The lowest BCUT2D eigenvalue weighted by Gasteiger charge is -2.41. The molecule has 6 nitrogen and oxygen atoms in total. The van der Waals surface area contributed by atoms with Crippen LogP contribution < -0.4 is 5.32 Å². The predicted molar refractivity (Wildman–Crippen MR) is 92.7 cm³/mol. The summed E-state index contributed by atoms with van der Waals surface area (Å²) in [6.07, 6.45) is 1.38. The van der Waals surface area contributed by atoms with Gasteiger partial charge in [-0.05, 0) is 31.1 Å². The van der Waals surface area contributed by atoms with E-state index in [1.54, 1.807) is 0 Å². The Morgan fingerprint density at radius 3 is 2.38 bits per heavy atom. The Morgan fingerprint density at radius 2 is 1.79 bits per heavy atom. The van der Waals surface area contributed by atoms with Gasteiger partial charge in [-0.25, -0.2) is 0 Å². The summed E-state index contributed by atoms with van der Waals surface area (Å²) in [6, 6.07) is 1.13. The normalized spacial score (nSPS) is 46.0. The summed E-state index contributed by atoms with van der Waals surface area (Å²) < 4.78 is 5.67. The van der Waals surface area contributed by atoms with Crippen molar-refractivity contribution in [3.8, 4) is 0 Å². The molecule has 7 heteroatoms.